The first-order valence-corrected chi connectivity index (χ1v) is 7.10. The van der Waals surface area contributed by atoms with E-state index in [1.807, 2.05) is 20.8 Å². The van der Waals surface area contributed by atoms with Gasteiger partial charge in [0.25, 0.3) is 0 Å². The lowest BCUT2D eigenvalue weighted by Crippen LogP contribution is -2.33. The number of carbonyl (C=O) groups excluding carboxylic acids is 1. The average Bonchev–Trinajstić information content (AvgIpc) is 2.45. The van der Waals surface area contributed by atoms with E-state index in [9.17, 15) is 18.0 Å². The molecule has 0 amide bonds. The average molecular weight is 302 g/mol. The molecule has 1 rings (SSSR count). The number of Topliss-reactive ketones (excluding diaryl/α,β-unsaturated/α-hetero) is 1. The Bertz CT molecular complexity index is 470. The number of nitrogens with zero attached hydrogens (tertiary/aromatic N) is 2. The van der Waals surface area contributed by atoms with Crippen molar-refractivity contribution in [3.63, 3.8) is 0 Å². The summed E-state index contributed by atoms with van der Waals surface area (Å²) in [6.07, 6.45) is -2.63. The van der Waals surface area contributed by atoms with E-state index in [-0.39, 0.29) is 23.8 Å². The number of rotatable bonds is 7. The molecule has 1 aromatic heterocycles. The van der Waals surface area contributed by atoms with Crippen molar-refractivity contribution in [2.45, 2.75) is 45.8 Å². The third-order valence-corrected chi connectivity index (χ3v) is 3.60. The van der Waals surface area contributed by atoms with Crippen LogP contribution in [0.1, 0.15) is 49.7 Å². The molecule has 1 heterocycles. The summed E-state index contributed by atoms with van der Waals surface area (Å²) in [6.45, 7) is 7.88. The van der Waals surface area contributed by atoms with Crippen molar-refractivity contribution in [3.05, 3.63) is 29.6 Å². The Morgan fingerprint density at radius 3 is 2.48 bits per heavy atom. The molecule has 0 aliphatic carbocycles. The molecule has 0 fully saturated rings. The standard InChI is InChI=1S/C15H21F3N2O/c1-4-20(5-2)11(3)6-7-13(21)12-8-9-19-14(10-12)15(16,17)18/h8-11H,4-7H2,1-3H3/t11-/m0/s1. The number of aromatic nitrogens is 1. The lowest BCUT2D eigenvalue weighted by Gasteiger charge is -2.26. The molecule has 1 atom stereocenters. The van der Waals surface area contributed by atoms with Gasteiger partial charge in [0, 0.05) is 24.2 Å². The second-order valence-corrected chi connectivity index (χ2v) is 4.96. The Morgan fingerprint density at radius 2 is 1.95 bits per heavy atom. The topological polar surface area (TPSA) is 33.2 Å². The van der Waals surface area contributed by atoms with E-state index >= 15 is 0 Å². The number of carbonyl (C=O) groups is 1. The quantitative estimate of drug-likeness (QED) is 0.718. The Morgan fingerprint density at radius 1 is 1.33 bits per heavy atom. The fraction of sp³-hybridized carbons (Fsp3) is 0.600. The smallest absolute Gasteiger partial charge is 0.301 e. The molecule has 118 valence electrons. The molecule has 0 saturated carbocycles. The minimum atomic E-state index is -4.52. The zero-order valence-electron chi connectivity index (χ0n) is 12.6. The predicted molar refractivity (Wildman–Crippen MR) is 75.2 cm³/mol. The molecule has 0 radical (unpaired) electrons. The Hall–Kier alpha value is -1.43. The number of ketones is 1. The van der Waals surface area contributed by atoms with Crippen molar-refractivity contribution < 1.29 is 18.0 Å². The molecule has 1 aromatic rings. The maximum Gasteiger partial charge on any atom is 0.433 e. The van der Waals surface area contributed by atoms with Crippen LogP contribution in [0.5, 0.6) is 0 Å². The van der Waals surface area contributed by atoms with Crippen molar-refractivity contribution in [1.82, 2.24) is 9.88 Å². The van der Waals surface area contributed by atoms with Crippen LogP contribution in [-0.2, 0) is 6.18 Å². The highest BCUT2D eigenvalue weighted by molar-refractivity contribution is 5.96. The zero-order chi connectivity index (χ0) is 16.0. The molecule has 0 aliphatic rings. The van der Waals surface area contributed by atoms with Crippen molar-refractivity contribution in [2.24, 2.45) is 0 Å². The third kappa shape index (κ3) is 5.12. The van der Waals surface area contributed by atoms with Gasteiger partial charge in [-0.15, -0.1) is 0 Å². The van der Waals surface area contributed by atoms with E-state index in [0.29, 0.717) is 6.42 Å². The maximum atomic E-state index is 12.6. The van der Waals surface area contributed by atoms with Crippen molar-refractivity contribution >= 4 is 5.78 Å². The number of hydrogen-bond donors (Lipinski definition) is 0. The largest absolute Gasteiger partial charge is 0.433 e. The van der Waals surface area contributed by atoms with Gasteiger partial charge in [0.1, 0.15) is 5.69 Å². The highest BCUT2D eigenvalue weighted by Gasteiger charge is 2.32. The normalized spacial score (nSPS) is 13.5. The van der Waals surface area contributed by atoms with Gasteiger partial charge in [-0.3, -0.25) is 9.78 Å². The van der Waals surface area contributed by atoms with Gasteiger partial charge in [0.05, 0.1) is 0 Å². The summed E-state index contributed by atoms with van der Waals surface area (Å²) in [5.74, 6) is -0.276. The van der Waals surface area contributed by atoms with E-state index in [2.05, 4.69) is 9.88 Å². The summed E-state index contributed by atoms with van der Waals surface area (Å²) < 4.78 is 37.7. The molecule has 0 N–H and O–H groups in total. The van der Waals surface area contributed by atoms with Crippen LogP contribution in [0.4, 0.5) is 13.2 Å². The van der Waals surface area contributed by atoms with Crippen LogP contribution in [0, 0.1) is 0 Å². The van der Waals surface area contributed by atoms with Gasteiger partial charge in [-0.1, -0.05) is 13.8 Å². The zero-order valence-corrected chi connectivity index (χ0v) is 12.6. The fourth-order valence-corrected chi connectivity index (χ4v) is 2.27. The van der Waals surface area contributed by atoms with Gasteiger partial charge in [0.2, 0.25) is 0 Å². The summed E-state index contributed by atoms with van der Waals surface area (Å²) in [6, 6.07) is 2.39. The number of halogens is 3. The van der Waals surface area contributed by atoms with Gasteiger partial charge in [-0.25, -0.2) is 0 Å². The van der Waals surface area contributed by atoms with Gasteiger partial charge >= 0.3 is 6.18 Å². The fourth-order valence-electron chi connectivity index (χ4n) is 2.27. The van der Waals surface area contributed by atoms with Crippen LogP contribution in [0.25, 0.3) is 0 Å². The molecule has 0 unspecified atom stereocenters. The van der Waals surface area contributed by atoms with Gasteiger partial charge in [-0.05, 0) is 38.6 Å². The minimum absolute atomic E-state index is 0.0732. The lowest BCUT2D eigenvalue weighted by molar-refractivity contribution is -0.141. The molecule has 21 heavy (non-hydrogen) atoms. The van der Waals surface area contributed by atoms with Crippen LogP contribution in [0.2, 0.25) is 0 Å². The SMILES string of the molecule is CCN(CC)[C@@H](C)CCC(=O)c1ccnc(C(F)(F)F)c1. The molecular formula is C15H21F3N2O. The van der Waals surface area contributed by atoms with Crippen LogP contribution in [0.15, 0.2) is 18.3 Å². The molecule has 6 heteroatoms. The summed E-state index contributed by atoms with van der Waals surface area (Å²) >= 11 is 0. The summed E-state index contributed by atoms with van der Waals surface area (Å²) in [4.78, 5) is 17.5. The van der Waals surface area contributed by atoms with E-state index < -0.39 is 11.9 Å². The molecule has 0 saturated heterocycles. The number of hydrogen-bond acceptors (Lipinski definition) is 3. The lowest BCUT2D eigenvalue weighted by atomic mass is 10.0. The highest BCUT2D eigenvalue weighted by Crippen LogP contribution is 2.28. The van der Waals surface area contributed by atoms with Gasteiger partial charge in [0.15, 0.2) is 5.78 Å². The first-order chi connectivity index (χ1) is 9.79. The van der Waals surface area contributed by atoms with Crippen LogP contribution >= 0.6 is 0 Å². The van der Waals surface area contributed by atoms with Crippen molar-refractivity contribution in [2.75, 3.05) is 13.1 Å². The Kier molecular flexibility index (Phi) is 6.33. The maximum absolute atomic E-state index is 12.6. The second kappa shape index (κ2) is 7.54. The molecule has 0 spiro atoms. The van der Waals surface area contributed by atoms with Crippen molar-refractivity contribution in [3.8, 4) is 0 Å². The monoisotopic (exact) mass is 302 g/mol. The summed E-state index contributed by atoms with van der Waals surface area (Å²) in [5, 5.41) is 0. The molecular weight excluding hydrogens is 281 g/mol. The molecule has 3 nitrogen and oxygen atoms in total. The van der Waals surface area contributed by atoms with E-state index in [0.717, 1.165) is 25.4 Å². The van der Waals surface area contributed by atoms with Crippen LogP contribution in [-0.4, -0.2) is 34.8 Å². The van der Waals surface area contributed by atoms with Gasteiger partial charge in [-0.2, -0.15) is 13.2 Å². The Balaban J connectivity index is 2.68. The molecule has 0 aliphatic heterocycles. The van der Waals surface area contributed by atoms with Gasteiger partial charge < -0.3 is 4.90 Å². The second-order valence-electron chi connectivity index (χ2n) is 4.96. The predicted octanol–water partition coefficient (Wildman–Crippen LogP) is 3.79. The summed E-state index contributed by atoms with van der Waals surface area (Å²) in [5.41, 5.74) is -0.950. The highest BCUT2D eigenvalue weighted by atomic mass is 19.4. The first kappa shape index (κ1) is 17.6. The molecule has 0 bridgehead atoms. The van der Waals surface area contributed by atoms with Crippen LogP contribution < -0.4 is 0 Å². The van der Waals surface area contributed by atoms with Crippen molar-refractivity contribution in [1.29, 1.82) is 0 Å². The van der Waals surface area contributed by atoms with E-state index in [1.54, 1.807) is 0 Å². The Labute approximate surface area is 123 Å². The summed E-state index contributed by atoms with van der Waals surface area (Å²) in [7, 11) is 0. The third-order valence-electron chi connectivity index (χ3n) is 3.60. The van der Waals surface area contributed by atoms with E-state index in [4.69, 9.17) is 0 Å². The number of alkyl halides is 3. The number of pyridine rings is 1. The van der Waals surface area contributed by atoms with Crippen LogP contribution in [0.3, 0.4) is 0 Å². The first-order valence-electron chi connectivity index (χ1n) is 7.10. The minimum Gasteiger partial charge on any atom is -0.301 e. The molecule has 0 aromatic carbocycles. The van der Waals surface area contributed by atoms with E-state index in [1.165, 1.54) is 6.07 Å².